The highest BCUT2D eigenvalue weighted by Gasteiger charge is 2.50. The zero-order chi connectivity index (χ0) is 15.9. The molecule has 1 aliphatic heterocycles. The van der Waals surface area contributed by atoms with Crippen molar-refractivity contribution in [2.75, 3.05) is 6.54 Å². The van der Waals surface area contributed by atoms with E-state index in [4.69, 9.17) is 0 Å². The number of carbonyl (C=O) groups excluding carboxylic acids is 2. The number of amides is 2. The number of piperazine rings is 1. The minimum absolute atomic E-state index is 0.431. The topological polar surface area (TPSA) is 49.4 Å². The third-order valence-electron chi connectivity index (χ3n) is 3.50. The van der Waals surface area contributed by atoms with Crippen molar-refractivity contribution in [3.63, 3.8) is 0 Å². The van der Waals surface area contributed by atoms with E-state index in [0.29, 0.717) is 0 Å². The van der Waals surface area contributed by atoms with Crippen molar-refractivity contribution in [2.45, 2.75) is 58.8 Å². The van der Waals surface area contributed by atoms with Gasteiger partial charge < -0.3 is 10.2 Å². The molecule has 0 saturated carbocycles. The van der Waals surface area contributed by atoms with E-state index >= 15 is 0 Å². The van der Waals surface area contributed by atoms with Crippen molar-refractivity contribution in [1.82, 2.24) is 10.2 Å². The van der Waals surface area contributed by atoms with E-state index in [2.05, 4.69) is 5.32 Å². The lowest BCUT2D eigenvalue weighted by Crippen LogP contribution is -2.71. The lowest BCUT2D eigenvalue weighted by molar-refractivity contribution is -0.166. The first-order chi connectivity index (χ1) is 8.77. The van der Waals surface area contributed by atoms with E-state index in [9.17, 15) is 22.8 Å². The number of hydrogen-bond donors (Lipinski definition) is 1. The maximum Gasteiger partial charge on any atom is 0.390 e. The molecule has 1 saturated heterocycles. The normalized spacial score (nSPS) is 23.8. The summed E-state index contributed by atoms with van der Waals surface area (Å²) in [5, 5.41) is 2.61. The Morgan fingerprint density at radius 1 is 1.20 bits per heavy atom. The average Bonchev–Trinajstić information content (AvgIpc) is 2.19. The molecule has 0 aromatic rings. The Balaban J connectivity index is 3.02. The molecule has 0 aliphatic carbocycles. The number of hydrogen-bond acceptors (Lipinski definition) is 2. The fourth-order valence-corrected chi connectivity index (χ4v) is 2.14. The first-order valence-electron chi connectivity index (χ1n) is 6.46. The lowest BCUT2D eigenvalue weighted by Gasteiger charge is -2.47. The van der Waals surface area contributed by atoms with Gasteiger partial charge in [-0.3, -0.25) is 9.59 Å². The molecule has 0 radical (unpaired) electrons. The van der Waals surface area contributed by atoms with Crippen molar-refractivity contribution < 1.29 is 22.8 Å². The van der Waals surface area contributed by atoms with Crippen LogP contribution in [0.2, 0.25) is 0 Å². The summed E-state index contributed by atoms with van der Waals surface area (Å²) in [6, 6.07) is -0.809. The number of alkyl halides is 3. The second-order valence-electron chi connectivity index (χ2n) is 6.69. The van der Waals surface area contributed by atoms with Gasteiger partial charge in [-0.25, -0.2) is 0 Å². The summed E-state index contributed by atoms with van der Waals surface area (Å²) in [6.45, 7) is 7.68. The number of carbonyl (C=O) groups is 2. The standard InChI is InChI=1S/C13H21F3N2O2/c1-11(2,3)8-9(19)18(7-6-13(14,15)16)12(4,5)10(20)17-8/h8H,6-7H2,1-5H3,(H,17,20). The zero-order valence-corrected chi connectivity index (χ0v) is 12.4. The molecule has 1 unspecified atom stereocenters. The molecule has 1 atom stereocenters. The van der Waals surface area contributed by atoms with Crippen LogP contribution in [0, 0.1) is 5.41 Å². The van der Waals surface area contributed by atoms with Crippen LogP contribution in [0.5, 0.6) is 0 Å². The van der Waals surface area contributed by atoms with E-state index in [-0.39, 0.29) is 0 Å². The Morgan fingerprint density at radius 3 is 2.10 bits per heavy atom. The SMILES string of the molecule is CC(C)(C)C1NC(=O)C(C)(C)N(CCC(F)(F)F)C1=O. The largest absolute Gasteiger partial charge is 0.390 e. The Morgan fingerprint density at radius 2 is 1.70 bits per heavy atom. The monoisotopic (exact) mass is 294 g/mol. The Bertz CT molecular complexity index is 411. The molecule has 0 aromatic heterocycles. The quantitative estimate of drug-likeness (QED) is 0.848. The highest BCUT2D eigenvalue weighted by Crippen LogP contribution is 2.31. The Kier molecular flexibility index (Phi) is 4.14. The van der Waals surface area contributed by atoms with Crippen LogP contribution < -0.4 is 5.32 Å². The summed E-state index contributed by atoms with van der Waals surface area (Å²) in [5.74, 6) is -0.898. The van der Waals surface area contributed by atoms with Crippen LogP contribution in [-0.2, 0) is 9.59 Å². The van der Waals surface area contributed by atoms with Crippen molar-refractivity contribution in [3.05, 3.63) is 0 Å². The molecular formula is C13H21F3N2O2. The molecule has 1 heterocycles. The zero-order valence-electron chi connectivity index (χ0n) is 12.4. The van der Waals surface area contributed by atoms with Gasteiger partial charge in [-0.2, -0.15) is 13.2 Å². The molecule has 1 aliphatic rings. The summed E-state index contributed by atoms with van der Waals surface area (Å²) in [7, 11) is 0. The Labute approximate surface area is 116 Å². The third-order valence-corrected chi connectivity index (χ3v) is 3.50. The molecule has 0 spiro atoms. The van der Waals surface area contributed by atoms with Gasteiger partial charge in [0.1, 0.15) is 11.6 Å². The summed E-state index contributed by atoms with van der Waals surface area (Å²) in [6.07, 6.45) is -5.48. The number of halogens is 3. The van der Waals surface area contributed by atoms with Crippen LogP contribution in [0.4, 0.5) is 13.2 Å². The van der Waals surface area contributed by atoms with Gasteiger partial charge in [-0.05, 0) is 19.3 Å². The minimum atomic E-state index is -4.36. The fourth-order valence-electron chi connectivity index (χ4n) is 2.14. The number of rotatable bonds is 2. The second-order valence-corrected chi connectivity index (χ2v) is 6.69. The van der Waals surface area contributed by atoms with Crippen molar-refractivity contribution in [3.8, 4) is 0 Å². The molecule has 1 rings (SSSR count). The summed E-state index contributed by atoms with van der Waals surface area (Å²) in [5.41, 5.74) is -1.83. The van der Waals surface area contributed by atoms with E-state index in [1.54, 1.807) is 20.8 Å². The maximum absolute atomic E-state index is 12.4. The van der Waals surface area contributed by atoms with Crippen molar-refractivity contribution >= 4 is 11.8 Å². The van der Waals surface area contributed by atoms with Crippen LogP contribution in [0.3, 0.4) is 0 Å². The first-order valence-corrected chi connectivity index (χ1v) is 6.46. The summed E-state index contributed by atoms with van der Waals surface area (Å²) in [4.78, 5) is 25.5. The highest BCUT2D eigenvalue weighted by atomic mass is 19.4. The minimum Gasteiger partial charge on any atom is -0.342 e. The van der Waals surface area contributed by atoms with E-state index < -0.39 is 48.0 Å². The first kappa shape index (κ1) is 16.8. The van der Waals surface area contributed by atoms with Gasteiger partial charge in [-0.15, -0.1) is 0 Å². The van der Waals surface area contributed by atoms with E-state index in [1.807, 2.05) is 0 Å². The van der Waals surface area contributed by atoms with Gasteiger partial charge in [0, 0.05) is 6.54 Å². The molecule has 4 nitrogen and oxygen atoms in total. The van der Waals surface area contributed by atoms with Crippen molar-refractivity contribution in [2.24, 2.45) is 5.41 Å². The molecule has 116 valence electrons. The van der Waals surface area contributed by atoms with Crippen LogP contribution in [0.1, 0.15) is 41.0 Å². The predicted octanol–water partition coefficient (Wildman–Crippen LogP) is 2.09. The molecule has 20 heavy (non-hydrogen) atoms. The van der Waals surface area contributed by atoms with Crippen LogP contribution in [-0.4, -0.2) is 41.0 Å². The third kappa shape index (κ3) is 3.43. The Hall–Kier alpha value is -1.27. The second kappa shape index (κ2) is 4.93. The number of nitrogens with one attached hydrogen (secondary N) is 1. The molecular weight excluding hydrogens is 273 g/mol. The van der Waals surface area contributed by atoms with Gasteiger partial charge in [0.15, 0.2) is 0 Å². The molecule has 7 heteroatoms. The molecule has 1 fully saturated rings. The molecule has 2 amide bonds. The smallest absolute Gasteiger partial charge is 0.342 e. The summed E-state index contributed by atoms with van der Waals surface area (Å²) >= 11 is 0. The molecule has 0 bridgehead atoms. The highest BCUT2D eigenvalue weighted by molar-refractivity contribution is 5.99. The van der Waals surface area contributed by atoms with Crippen LogP contribution in [0.15, 0.2) is 0 Å². The van der Waals surface area contributed by atoms with Crippen LogP contribution >= 0.6 is 0 Å². The summed E-state index contributed by atoms with van der Waals surface area (Å²) < 4.78 is 37.1. The molecule has 1 N–H and O–H groups in total. The van der Waals surface area contributed by atoms with Gasteiger partial charge in [-0.1, -0.05) is 20.8 Å². The van der Waals surface area contributed by atoms with E-state index in [1.165, 1.54) is 13.8 Å². The number of nitrogens with zero attached hydrogens (tertiary/aromatic N) is 1. The van der Waals surface area contributed by atoms with E-state index in [0.717, 1.165) is 4.90 Å². The lowest BCUT2D eigenvalue weighted by atomic mass is 9.82. The molecule has 0 aromatic carbocycles. The van der Waals surface area contributed by atoms with Gasteiger partial charge in [0.05, 0.1) is 6.42 Å². The predicted molar refractivity (Wildman–Crippen MR) is 67.8 cm³/mol. The maximum atomic E-state index is 12.4. The van der Waals surface area contributed by atoms with Crippen LogP contribution in [0.25, 0.3) is 0 Å². The van der Waals surface area contributed by atoms with Crippen molar-refractivity contribution in [1.29, 1.82) is 0 Å². The fraction of sp³-hybridized carbons (Fsp3) is 0.846. The van der Waals surface area contributed by atoms with Gasteiger partial charge >= 0.3 is 6.18 Å². The van der Waals surface area contributed by atoms with Gasteiger partial charge in [0.25, 0.3) is 0 Å². The average molecular weight is 294 g/mol. The van der Waals surface area contributed by atoms with Gasteiger partial charge in [0.2, 0.25) is 11.8 Å².